The summed E-state index contributed by atoms with van der Waals surface area (Å²) < 4.78 is 0. The van der Waals surface area contributed by atoms with E-state index >= 15 is 0 Å². The number of amides is 1. The molecule has 30 heavy (non-hydrogen) atoms. The number of aromatic nitrogens is 4. The Balaban J connectivity index is 1.37. The minimum atomic E-state index is -0.173. The lowest BCUT2D eigenvalue weighted by Crippen LogP contribution is -2.28. The summed E-state index contributed by atoms with van der Waals surface area (Å²) in [6.07, 6.45) is 3.93. The maximum absolute atomic E-state index is 12.4. The van der Waals surface area contributed by atoms with Gasteiger partial charge in [0.25, 0.3) is 0 Å². The zero-order valence-corrected chi connectivity index (χ0v) is 17.6. The van der Waals surface area contributed by atoms with Gasteiger partial charge < -0.3 is 5.32 Å². The number of rotatable bonds is 6. The van der Waals surface area contributed by atoms with E-state index in [1.807, 2.05) is 44.2 Å². The summed E-state index contributed by atoms with van der Waals surface area (Å²) >= 11 is 0. The summed E-state index contributed by atoms with van der Waals surface area (Å²) in [5.41, 5.74) is 5.09. The Bertz CT molecular complexity index is 985. The van der Waals surface area contributed by atoms with Crippen LogP contribution in [0.15, 0.2) is 42.5 Å². The largest absolute Gasteiger partial charge is 0.324 e. The Morgan fingerprint density at radius 1 is 1.00 bits per heavy atom. The summed E-state index contributed by atoms with van der Waals surface area (Å²) in [5, 5.41) is 15.5. The van der Waals surface area contributed by atoms with Gasteiger partial charge in [0.2, 0.25) is 11.7 Å². The van der Waals surface area contributed by atoms with Gasteiger partial charge in [-0.25, -0.2) is 0 Å². The van der Waals surface area contributed by atoms with Crippen LogP contribution in [-0.4, -0.2) is 44.1 Å². The Morgan fingerprint density at radius 2 is 1.70 bits per heavy atom. The topological polar surface area (TPSA) is 75.9 Å². The van der Waals surface area contributed by atoms with Crippen molar-refractivity contribution in [3.05, 3.63) is 59.2 Å². The highest BCUT2D eigenvalue weighted by Gasteiger charge is 2.13. The first kappa shape index (κ1) is 20.2. The van der Waals surface area contributed by atoms with Crippen LogP contribution in [-0.2, 0) is 17.9 Å². The van der Waals surface area contributed by atoms with Crippen LogP contribution in [0, 0.1) is 13.8 Å². The lowest BCUT2D eigenvalue weighted by Gasteiger charge is -2.26. The molecule has 0 aliphatic carbocycles. The lowest BCUT2D eigenvalue weighted by molar-refractivity contribution is -0.117. The predicted molar refractivity (Wildman–Crippen MR) is 117 cm³/mol. The molecule has 1 aliphatic heterocycles. The number of nitrogens with one attached hydrogen (secondary N) is 1. The van der Waals surface area contributed by atoms with Crippen molar-refractivity contribution in [2.24, 2.45) is 0 Å². The van der Waals surface area contributed by atoms with Crippen LogP contribution >= 0.6 is 0 Å². The number of hydrogen-bond donors (Lipinski definition) is 1. The van der Waals surface area contributed by atoms with E-state index in [2.05, 4.69) is 37.8 Å². The molecule has 7 nitrogen and oxygen atoms in total. The molecular formula is C23H28N6O. The molecular weight excluding hydrogens is 376 g/mol. The fourth-order valence-electron chi connectivity index (χ4n) is 3.88. The van der Waals surface area contributed by atoms with E-state index in [-0.39, 0.29) is 12.5 Å². The maximum atomic E-state index is 12.4. The van der Waals surface area contributed by atoms with Crippen molar-refractivity contribution < 1.29 is 4.79 Å². The summed E-state index contributed by atoms with van der Waals surface area (Å²) in [6, 6.07) is 14.2. The number of hydrogen-bond acceptors (Lipinski definition) is 5. The molecule has 3 aromatic rings. The van der Waals surface area contributed by atoms with E-state index in [0.29, 0.717) is 5.82 Å². The molecule has 1 aromatic heterocycles. The molecule has 0 spiro atoms. The van der Waals surface area contributed by atoms with E-state index in [1.165, 1.54) is 42.7 Å². The van der Waals surface area contributed by atoms with Gasteiger partial charge in [0.05, 0.1) is 0 Å². The molecule has 0 bridgehead atoms. The maximum Gasteiger partial charge on any atom is 0.248 e. The number of tetrazole rings is 1. The molecule has 156 valence electrons. The molecule has 2 aromatic carbocycles. The third-order valence-electron chi connectivity index (χ3n) is 5.55. The second-order valence-corrected chi connectivity index (χ2v) is 7.99. The van der Waals surface area contributed by atoms with E-state index in [9.17, 15) is 4.79 Å². The molecule has 0 saturated carbocycles. The van der Waals surface area contributed by atoms with Gasteiger partial charge in [0.15, 0.2) is 0 Å². The van der Waals surface area contributed by atoms with Gasteiger partial charge >= 0.3 is 0 Å². The van der Waals surface area contributed by atoms with Gasteiger partial charge in [-0.1, -0.05) is 48.9 Å². The SMILES string of the molecule is Cc1cccc(C)c1NC(=O)Cn1nnc(-c2ccc(CN3CCCCC3)cc2)n1. The average Bonchev–Trinajstić information content (AvgIpc) is 3.20. The Morgan fingerprint density at radius 3 is 2.40 bits per heavy atom. The van der Waals surface area contributed by atoms with Crippen molar-refractivity contribution in [2.45, 2.75) is 46.2 Å². The van der Waals surface area contributed by atoms with Crippen molar-refractivity contribution in [1.29, 1.82) is 0 Å². The van der Waals surface area contributed by atoms with Crippen LogP contribution in [0.25, 0.3) is 11.4 Å². The van der Waals surface area contributed by atoms with Gasteiger partial charge in [-0.3, -0.25) is 9.69 Å². The quantitative estimate of drug-likeness (QED) is 0.680. The van der Waals surface area contributed by atoms with E-state index in [4.69, 9.17) is 0 Å². The molecule has 0 atom stereocenters. The van der Waals surface area contributed by atoms with Crippen LogP contribution in [0.1, 0.15) is 36.0 Å². The van der Waals surface area contributed by atoms with Crippen molar-refractivity contribution in [3.8, 4) is 11.4 Å². The third kappa shape index (κ3) is 4.91. The molecule has 2 heterocycles. The molecule has 1 aliphatic rings. The number of anilines is 1. The minimum Gasteiger partial charge on any atom is -0.324 e. The normalized spacial score (nSPS) is 14.6. The molecule has 7 heteroatoms. The minimum absolute atomic E-state index is 0.0216. The highest BCUT2D eigenvalue weighted by atomic mass is 16.2. The molecule has 0 radical (unpaired) electrons. The van der Waals surface area contributed by atoms with Gasteiger partial charge in [-0.15, -0.1) is 10.2 Å². The number of nitrogens with zero attached hydrogens (tertiary/aromatic N) is 5. The standard InChI is InChI=1S/C23H28N6O/c1-17-7-6-8-18(2)22(17)24-21(30)16-29-26-23(25-27-29)20-11-9-19(10-12-20)15-28-13-4-3-5-14-28/h6-12H,3-5,13-16H2,1-2H3,(H,24,30). The van der Waals surface area contributed by atoms with Crippen LogP contribution < -0.4 is 5.32 Å². The van der Waals surface area contributed by atoms with Crippen molar-refractivity contribution in [1.82, 2.24) is 25.1 Å². The van der Waals surface area contributed by atoms with Gasteiger partial charge in [-0.05, 0) is 61.7 Å². The second-order valence-electron chi connectivity index (χ2n) is 7.99. The van der Waals surface area contributed by atoms with Crippen LogP contribution in [0.5, 0.6) is 0 Å². The molecule has 1 saturated heterocycles. The third-order valence-corrected chi connectivity index (χ3v) is 5.55. The molecule has 1 amide bonds. The average molecular weight is 405 g/mol. The summed E-state index contributed by atoms with van der Waals surface area (Å²) in [6.45, 7) is 7.32. The highest BCUT2D eigenvalue weighted by molar-refractivity contribution is 5.92. The Hall–Kier alpha value is -3.06. The fourth-order valence-corrected chi connectivity index (χ4v) is 3.88. The predicted octanol–water partition coefficient (Wildman–Crippen LogP) is 3.58. The van der Waals surface area contributed by atoms with Gasteiger partial charge in [0, 0.05) is 17.8 Å². The number of piperidine rings is 1. The zero-order chi connectivity index (χ0) is 20.9. The van der Waals surface area contributed by atoms with Crippen molar-refractivity contribution in [2.75, 3.05) is 18.4 Å². The molecule has 0 unspecified atom stereocenters. The summed E-state index contributed by atoms with van der Waals surface area (Å²) in [4.78, 5) is 16.3. The number of para-hydroxylation sites is 1. The highest BCUT2D eigenvalue weighted by Crippen LogP contribution is 2.20. The number of likely N-dealkylation sites (tertiary alicyclic amines) is 1. The first-order chi connectivity index (χ1) is 14.6. The monoisotopic (exact) mass is 404 g/mol. The van der Waals surface area contributed by atoms with Crippen molar-refractivity contribution >= 4 is 11.6 Å². The number of carbonyl (C=O) groups is 1. The van der Waals surface area contributed by atoms with E-state index in [0.717, 1.165) is 28.9 Å². The lowest BCUT2D eigenvalue weighted by atomic mass is 10.1. The van der Waals surface area contributed by atoms with E-state index in [1.54, 1.807) is 0 Å². The number of benzene rings is 2. The Labute approximate surface area is 177 Å². The van der Waals surface area contributed by atoms with Crippen LogP contribution in [0.2, 0.25) is 0 Å². The van der Waals surface area contributed by atoms with Crippen LogP contribution in [0.4, 0.5) is 5.69 Å². The Kier molecular flexibility index (Phi) is 6.18. The smallest absolute Gasteiger partial charge is 0.248 e. The van der Waals surface area contributed by atoms with Gasteiger partial charge in [-0.2, -0.15) is 4.80 Å². The fraction of sp³-hybridized carbons (Fsp3) is 0.391. The second kappa shape index (κ2) is 9.17. The first-order valence-electron chi connectivity index (χ1n) is 10.5. The zero-order valence-electron chi connectivity index (χ0n) is 17.6. The number of carbonyl (C=O) groups excluding carboxylic acids is 1. The summed E-state index contributed by atoms with van der Waals surface area (Å²) in [5.74, 6) is 0.354. The molecule has 1 fully saturated rings. The van der Waals surface area contributed by atoms with Crippen molar-refractivity contribution in [3.63, 3.8) is 0 Å². The summed E-state index contributed by atoms with van der Waals surface area (Å²) in [7, 11) is 0. The van der Waals surface area contributed by atoms with Gasteiger partial charge in [0.1, 0.15) is 6.54 Å². The van der Waals surface area contributed by atoms with E-state index < -0.39 is 0 Å². The molecule has 1 N–H and O–H groups in total. The first-order valence-corrected chi connectivity index (χ1v) is 10.5. The molecule has 4 rings (SSSR count). The van der Waals surface area contributed by atoms with Crippen LogP contribution in [0.3, 0.4) is 0 Å². The number of aryl methyl sites for hydroxylation is 2.